The van der Waals surface area contributed by atoms with Crippen LogP contribution in [0, 0.1) is 16.7 Å². The molecule has 1 unspecified atom stereocenters. The van der Waals surface area contributed by atoms with Crippen molar-refractivity contribution in [3.05, 3.63) is 46.8 Å². The molecule has 9 nitrogen and oxygen atoms in total. The predicted octanol–water partition coefficient (Wildman–Crippen LogP) is 3.34. The van der Waals surface area contributed by atoms with Crippen molar-refractivity contribution >= 4 is 17.4 Å². The van der Waals surface area contributed by atoms with Crippen LogP contribution in [0.3, 0.4) is 0 Å². The number of aliphatic imine (C=N–C) groups is 1. The van der Waals surface area contributed by atoms with Crippen LogP contribution in [0.5, 0.6) is 11.5 Å². The molecular weight excluding hydrogens is 453 g/mol. The Morgan fingerprint density at radius 2 is 2.17 bits per heavy atom. The van der Waals surface area contributed by atoms with Crippen LogP contribution in [0.25, 0.3) is 5.82 Å². The largest absolute Gasteiger partial charge is 0.494 e. The minimum absolute atomic E-state index is 0.119. The monoisotopic (exact) mass is 479 g/mol. The van der Waals surface area contributed by atoms with Gasteiger partial charge in [0.2, 0.25) is 0 Å². The van der Waals surface area contributed by atoms with Crippen molar-refractivity contribution in [1.82, 2.24) is 14.7 Å². The van der Waals surface area contributed by atoms with Crippen molar-refractivity contribution in [3.63, 3.8) is 0 Å². The second-order valence-corrected chi connectivity index (χ2v) is 9.45. The average molecular weight is 480 g/mol. The van der Waals surface area contributed by atoms with Crippen molar-refractivity contribution in [2.24, 2.45) is 10.4 Å². The molecule has 5 rings (SSSR count). The third kappa shape index (κ3) is 4.17. The number of nitriles is 1. The van der Waals surface area contributed by atoms with Crippen molar-refractivity contribution in [2.45, 2.75) is 39.5 Å². The van der Waals surface area contributed by atoms with E-state index in [2.05, 4.69) is 23.1 Å². The van der Waals surface area contributed by atoms with Gasteiger partial charge in [0.25, 0.3) is 5.91 Å². The first-order valence-electron chi connectivity index (χ1n) is 11.4. The molecule has 1 aromatic carbocycles. The highest BCUT2D eigenvalue weighted by Crippen LogP contribution is 2.37. The molecule has 3 aliphatic rings. The van der Waals surface area contributed by atoms with Crippen LogP contribution < -0.4 is 9.47 Å². The normalized spacial score (nSPS) is 20.3. The molecule has 10 heteroatoms. The van der Waals surface area contributed by atoms with Crippen LogP contribution >= 0.6 is 0 Å². The summed E-state index contributed by atoms with van der Waals surface area (Å²) in [5.41, 5.74) is 2.41. The highest BCUT2D eigenvalue weighted by molar-refractivity contribution is 6.00. The maximum absolute atomic E-state index is 13.7. The number of halogens is 1. The number of benzene rings is 1. The van der Waals surface area contributed by atoms with Gasteiger partial charge in [-0.05, 0) is 25.1 Å². The fourth-order valence-corrected chi connectivity index (χ4v) is 4.37. The van der Waals surface area contributed by atoms with Gasteiger partial charge in [0.05, 0.1) is 50.4 Å². The van der Waals surface area contributed by atoms with Gasteiger partial charge in [0.1, 0.15) is 29.4 Å². The lowest BCUT2D eigenvalue weighted by Gasteiger charge is -2.37. The molecule has 0 radical (unpaired) electrons. The van der Waals surface area contributed by atoms with Crippen molar-refractivity contribution in [1.29, 1.82) is 5.26 Å². The molecule has 0 N–H and O–H groups in total. The summed E-state index contributed by atoms with van der Waals surface area (Å²) >= 11 is 0. The van der Waals surface area contributed by atoms with Gasteiger partial charge in [0.15, 0.2) is 5.75 Å². The zero-order valence-electron chi connectivity index (χ0n) is 19.9. The first-order valence-corrected chi connectivity index (χ1v) is 11.4. The Labute approximate surface area is 202 Å². The molecule has 0 bridgehead atoms. The van der Waals surface area contributed by atoms with Gasteiger partial charge in [-0.25, -0.2) is 14.1 Å². The summed E-state index contributed by atoms with van der Waals surface area (Å²) in [7, 11) is 1.43. The number of carbonyl (C=O) groups excluding carboxylic acids is 1. The molecule has 4 heterocycles. The minimum atomic E-state index is -1.07. The number of amides is 1. The summed E-state index contributed by atoms with van der Waals surface area (Å²) in [4.78, 5) is 19.6. The Kier molecular flexibility index (Phi) is 5.81. The first-order chi connectivity index (χ1) is 16.8. The molecule has 1 aromatic heterocycles. The summed E-state index contributed by atoms with van der Waals surface area (Å²) in [5.74, 6) is 0.833. The van der Waals surface area contributed by atoms with Crippen LogP contribution in [0.1, 0.15) is 47.4 Å². The fraction of sp³-hybridized carbons (Fsp3) is 0.440. The lowest BCUT2D eigenvalue weighted by Crippen LogP contribution is -2.44. The van der Waals surface area contributed by atoms with E-state index in [9.17, 15) is 14.4 Å². The number of carbonyl (C=O) groups is 1. The fourth-order valence-electron chi connectivity index (χ4n) is 4.37. The van der Waals surface area contributed by atoms with Gasteiger partial charge >= 0.3 is 0 Å². The van der Waals surface area contributed by atoms with E-state index >= 15 is 0 Å². The van der Waals surface area contributed by atoms with Crippen LogP contribution in [0.15, 0.2) is 29.4 Å². The Morgan fingerprint density at radius 1 is 1.37 bits per heavy atom. The van der Waals surface area contributed by atoms with Crippen molar-refractivity contribution < 1.29 is 23.4 Å². The predicted molar refractivity (Wildman–Crippen MR) is 125 cm³/mol. The molecule has 0 saturated carbocycles. The number of fused-ring (bicyclic) bond motifs is 1. The van der Waals surface area contributed by atoms with Gasteiger partial charge in [0, 0.05) is 30.1 Å². The maximum atomic E-state index is 13.7. The number of aromatic nitrogens is 2. The third-order valence-electron chi connectivity index (χ3n) is 6.49. The Hall–Kier alpha value is -3.71. The summed E-state index contributed by atoms with van der Waals surface area (Å²) in [6, 6.07) is 5.32. The van der Waals surface area contributed by atoms with Gasteiger partial charge in [-0.1, -0.05) is 6.92 Å². The van der Waals surface area contributed by atoms with Crippen molar-refractivity contribution in [2.75, 3.05) is 26.9 Å². The lowest BCUT2D eigenvalue weighted by atomic mass is 9.90. The van der Waals surface area contributed by atoms with Crippen molar-refractivity contribution in [3.8, 4) is 17.6 Å². The number of methoxy groups -OCH3 is 1. The smallest absolute Gasteiger partial charge is 0.262 e. The van der Waals surface area contributed by atoms with Crippen LogP contribution in [-0.4, -0.2) is 59.4 Å². The molecule has 2 aromatic rings. The zero-order valence-corrected chi connectivity index (χ0v) is 19.9. The molecule has 3 aliphatic heterocycles. The average Bonchev–Trinajstić information content (AvgIpc) is 3.41. The first kappa shape index (κ1) is 23.1. The minimum Gasteiger partial charge on any atom is -0.494 e. The lowest BCUT2D eigenvalue weighted by molar-refractivity contribution is -0.120. The van der Waals surface area contributed by atoms with Gasteiger partial charge in [-0.3, -0.25) is 4.79 Å². The molecule has 0 aliphatic carbocycles. The van der Waals surface area contributed by atoms with Crippen LogP contribution in [0.4, 0.5) is 4.39 Å². The Balaban J connectivity index is 1.39. The second-order valence-electron chi connectivity index (χ2n) is 9.45. The summed E-state index contributed by atoms with van der Waals surface area (Å²) < 4.78 is 32.2. The third-order valence-corrected chi connectivity index (χ3v) is 6.49. The maximum Gasteiger partial charge on any atom is 0.262 e. The molecule has 0 spiro atoms. The van der Waals surface area contributed by atoms with E-state index < -0.39 is 6.17 Å². The topological polar surface area (TPSA) is 102 Å². The number of nitrogens with zero attached hydrogens (tertiary/aromatic N) is 5. The highest BCUT2D eigenvalue weighted by Gasteiger charge is 2.36. The number of ether oxygens (including phenoxy) is 3. The molecule has 1 saturated heterocycles. The van der Waals surface area contributed by atoms with Gasteiger partial charge in [-0.15, -0.1) is 0 Å². The van der Waals surface area contributed by atoms with E-state index in [-0.39, 0.29) is 41.2 Å². The number of allylic oxidation sites excluding steroid dienone is 1. The highest BCUT2D eigenvalue weighted by atomic mass is 19.1. The summed E-state index contributed by atoms with van der Waals surface area (Å²) in [6.45, 7) is 5.89. The number of alkyl halides is 1. The van der Waals surface area contributed by atoms with Crippen LogP contribution in [-0.2, 0) is 17.8 Å². The summed E-state index contributed by atoms with van der Waals surface area (Å²) in [5, 5.41) is 14.1. The molecule has 1 atom stereocenters. The molecule has 1 amide bonds. The quantitative estimate of drug-likeness (QED) is 0.630. The Morgan fingerprint density at radius 3 is 2.80 bits per heavy atom. The second kappa shape index (κ2) is 8.82. The van der Waals surface area contributed by atoms with E-state index in [4.69, 9.17) is 14.2 Å². The molecule has 1 fully saturated rings. The molecule has 35 heavy (non-hydrogen) atoms. The van der Waals surface area contributed by atoms with Crippen LogP contribution in [0.2, 0.25) is 0 Å². The Bertz CT molecular complexity index is 1260. The zero-order chi connectivity index (χ0) is 24.7. The number of hydrogen-bond donors (Lipinski definition) is 0. The number of rotatable bonds is 6. The van der Waals surface area contributed by atoms with E-state index in [0.717, 1.165) is 11.3 Å². The van der Waals surface area contributed by atoms with Gasteiger partial charge in [-0.2, -0.15) is 10.4 Å². The van der Waals surface area contributed by atoms with E-state index in [1.165, 1.54) is 7.11 Å². The van der Waals surface area contributed by atoms with E-state index in [1.807, 2.05) is 6.20 Å². The summed E-state index contributed by atoms with van der Waals surface area (Å²) in [6.07, 6.45) is 2.74. The van der Waals surface area contributed by atoms with E-state index in [1.54, 1.807) is 34.7 Å². The van der Waals surface area contributed by atoms with E-state index in [0.29, 0.717) is 43.6 Å². The SMILES string of the molecule is COc1c(C#N)ccc(OCC2(C)COC2)c1C(=O)N1Cc2cn(C3=CCC(F)C(C)=N3)nc2C1. The molecular formula is C25H26FN5O4. The standard InChI is InChI=1S/C25H26FN5O4/c1-15-18(26)5-7-21(28-15)31-10-17-9-30(11-19(17)29-31)24(32)22-20(35-14-25(2)12-34-13-25)6-4-16(8-27)23(22)33-3/h4,6-7,10,18H,5,9,11-14H2,1-3H3. The van der Waals surface area contributed by atoms with Gasteiger partial charge < -0.3 is 19.1 Å². The molecule has 182 valence electrons. The number of hydrogen-bond acceptors (Lipinski definition) is 7.